The Hall–Kier alpha value is -1.98. The molecule has 0 aromatic heterocycles. The van der Waals surface area contributed by atoms with Crippen LogP contribution >= 0.6 is 0 Å². The number of aliphatic hydroxyl groups excluding tert-OH is 1. The fourth-order valence-electron chi connectivity index (χ4n) is 4.26. The van der Waals surface area contributed by atoms with Crippen LogP contribution in [0.4, 0.5) is 13.6 Å². The summed E-state index contributed by atoms with van der Waals surface area (Å²) in [7, 11) is 0. The summed E-state index contributed by atoms with van der Waals surface area (Å²) in [5, 5.41) is 17.4. The molecule has 9 heteroatoms. The molecule has 0 saturated carbocycles. The molecule has 1 amide bonds. The number of alkyl carbamates (subject to hydrolysis) is 1. The number of halogens is 3. The Labute approximate surface area is 235 Å². The Morgan fingerprint density at radius 2 is 1.79 bits per heavy atom. The van der Waals surface area contributed by atoms with E-state index < -0.39 is 54.7 Å². The molecule has 1 heterocycles. The van der Waals surface area contributed by atoms with Crippen molar-refractivity contribution in [2.75, 3.05) is 13.2 Å². The van der Waals surface area contributed by atoms with Crippen LogP contribution in [-0.2, 0) is 15.6 Å². The van der Waals surface area contributed by atoms with E-state index in [4.69, 9.17) is 9.47 Å². The fraction of sp³-hybridized carbons (Fsp3) is 0.552. The first-order valence-corrected chi connectivity index (χ1v) is 15.6. The van der Waals surface area contributed by atoms with Crippen molar-refractivity contribution in [1.82, 2.24) is 10.6 Å². The molecule has 38 heavy (non-hydrogen) atoms. The number of rotatable bonds is 9. The summed E-state index contributed by atoms with van der Waals surface area (Å²) < 4.78 is 38.4. The molecule has 3 N–H and O–H groups in total. The summed E-state index contributed by atoms with van der Waals surface area (Å²) >= 11 is -0.928. The van der Waals surface area contributed by atoms with Crippen LogP contribution in [0.2, 0.25) is 0 Å². The maximum absolute atomic E-state index is 13.7. The molecule has 0 aliphatic carbocycles. The van der Waals surface area contributed by atoms with E-state index in [0.717, 1.165) is 30.2 Å². The van der Waals surface area contributed by atoms with Gasteiger partial charge in [0.15, 0.2) is 0 Å². The SMILES string of the molecule is CC(C)(C)Cc1ccc2c(c1)C(NCC(O)C(NC(=O)OC(C)(C)C)[I-]Cc1cc(F)cc(F)c1)CCO2. The van der Waals surface area contributed by atoms with E-state index >= 15 is 0 Å². The van der Waals surface area contributed by atoms with Crippen LogP contribution in [0, 0.1) is 17.0 Å². The van der Waals surface area contributed by atoms with Crippen LogP contribution in [0.25, 0.3) is 0 Å². The first kappa shape index (κ1) is 30.6. The molecule has 0 radical (unpaired) electrons. The van der Waals surface area contributed by atoms with Crippen LogP contribution in [0.1, 0.15) is 70.7 Å². The number of ether oxygens (including phenoxy) is 2. The van der Waals surface area contributed by atoms with Crippen LogP contribution in [0.3, 0.4) is 0 Å². The monoisotopic (exact) mass is 645 g/mol. The molecule has 3 atom stereocenters. The topological polar surface area (TPSA) is 79.8 Å². The third-order valence-electron chi connectivity index (χ3n) is 5.73. The Morgan fingerprint density at radius 1 is 1.11 bits per heavy atom. The van der Waals surface area contributed by atoms with Crippen LogP contribution in [0.5, 0.6) is 5.75 Å². The summed E-state index contributed by atoms with van der Waals surface area (Å²) in [5.74, 6) is -0.455. The molecule has 0 bridgehead atoms. The van der Waals surface area contributed by atoms with E-state index in [9.17, 15) is 18.7 Å². The van der Waals surface area contributed by atoms with Crippen LogP contribution in [0.15, 0.2) is 36.4 Å². The van der Waals surface area contributed by atoms with Gasteiger partial charge in [0.2, 0.25) is 0 Å². The number of carbonyl (C=O) groups is 1. The van der Waals surface area contributed by atoms with Crippen molar-refractivity contribution in [3.63, 3.8) is 0 Å². The molecule has 212 valence electrons. The molecule has 0 fully saturated rings. The number of benzene rings is 2. The molecule has 1 aliphatic rings. The van der Waals surface area contributed by atoms with E-state index in [0.29, 0.717) is 16.6 Å². The Kier molecular flexibility index (Phi) is 10.4. The summed E-state index contributed by atoms with van der Waals surface area (Å²) in [6, 6.07) is 9.67. The van der Waals surface area contributed by atoms with Crippen LogP contribution in [-0.4, -0.2) is 40.1 Å². The molecular weight excluding hydrogens is 605 g/mol. The zero-order chi connectivity index (χ0) is 28.1. The Bertz CT molecular complexity index is 1080. The van der Waals surface area contributed by atoms with E-state index in [1.165, 1.54) is 17.7 Å². The van der Waals surface area contributed by atoms with Crippen molar-refractivity contribution in [1.29, 1.82) is 0 Å². The normalized spacial score (nSPS) is 17.3. The predicted molar refractivity (Wildman–Crippen MR) is 140 cm³/mol. The number of hydrogen-bond acceptors (Lipinski definition) is 5. The fourth-order valence-corrected chi connectivity index (χ4v) is 7.00. The number of fused-ring (bicyclic) bond motifs is 1. The van der Waals surface area contributed by atoms with Gasteiger partial charge in [-0.3, -0.25) is 0 Å². The second kappa shape index (κ2) is 12.9. The van der Waals surface area contributed by atoms with Crippen molar-refractivity contribution >= 4 is 6.09 Å². The standard InChI is InChI=1S/C29H40F2IN2O4/c1-28(2,3)15-18-7-8-25-22(13-18)23(9-10-37-25)33-17-24(35)26(34-27(36)38-29(4,5)6)32-16-19-11-20(30)14-21(31)12-19/h7-8,11-14,23-24,26,33,35H,9-10,15-17H2,1-6H3,(H,34,36)/q-1. The molecule has 6 nitrogen and oxygen atoms in total. The number of alkyl halides is 2. The van der Waals surface area contributed by atoms with Crippen molar-refractivity contribution < 1.29 is 49.4 Å². The first-order valence-electron chi connectivity index (χ1n) is 12.9. The van der Waals surface area contributed by atoms with Gasteiger partial charge >= 0.3 is 236 Å². The van der Waals surface area contributed by atoms with E-state index in [-0.39, 0.29) is 18.0 Å². The van der Waals surface area contributed by atoms with Crippen molar-refractivity contribution in [2.24, 2.45) is 5.41 Å². The van der Waals surface area contributed by atoms with Gasteiger partial charge in [-0.25, -0.2) is 0 Å². The summed E-state index contributed by atoms with van der Waals surface area (Å²) in [6.07, 6.45) is 0.135. The minimum absolute atomic E-state index is 0.00832. The van der Waals surface area contributed by atoms with Gasteiger partial charge in [-0.1, -0.05) is 0 Å². The molecular formula is C29H40F2IN2O4-. The number of amides is 1. The zero-order valence-electron chi connectivity index (χ0n) is 23.0. The second-order valence-electron chi connectivity index (χ2n) is 11.9. The second-order valence-corrected chi connectivity index (χ2v) is 14.9. The third-order valence-corrected chi connectivity index (χ3v) is 9.15. The van der Waals surface area contributed by atoms with Crippen molar-refractivity contribution in [2.45, 2.75) is 80.6 Å². The number of aliphatic hydroxyl groups is 1. The molecule has 2 aromatic carbocycles. The van der Waals surface area contributed by atoms with Gasteiger partial charge in [-0.15, -0.1) is 0 Å². The number of nitrogens with one attached hydrogen (secondary N) is 2. The predicted octanol–water partition coefficient (Wildman–Crippen LogP) is 2.47. The summed E-state index contributed by atoms with van der Waals surface area (Å²) in [6.45, 7) is 12.7. The van der Waals surface area contributed by atoms with Crippen LogP contribution < -0.4 is 36.6 Å². The van der Waals surface area contributed by atoms with Gasteiger partial charge in [0.25, 0.3) is 0 Å². The van der Waals surface area contributed by atoms with Gasteiger partial charge < -0.3 is 0 Å². The zero-order valence-corrected chi connectivity index (χ0v) is 25.2. The van der Waals surface area contributed by atoms with E-state index in [2.05, 4.69) is 43.5 Å². The molecule has 0 spiro atoms. The molecule has 3 unspecified atom stereocenters. The number of hydrogen-bond donors (Lipinski definition) is 3. The Morgan fingerprint density at radius 3 is 2.42 bits per heavy atom. The summed E-state index contributed by atoms with van der Waals surface area (Å²) in [4.78, 5) is 12.5. The van der Waals surface area contributed by atoms with Crippen molar-refractivity contribution in [3.05, 3.63) is 64.7 Å². The molecule has 0 saturated heterocycles. The average Bonchev–Trinajstić information content (AvgIpc) is 2.77. The van der Waals surface area contributed by atoms with E-state index in [1.54, 1.807) is 20.8 Å². The maximum atomic E-state index is 13.7. The van der Waals surface area contributed by atoms with Gasteiger partial charge in [-0.05, 0) is 0 Å². The molecule has 3 rings (SSSR count). The third kappa shape index (κ3) is 9.96. The quantitative estimate of drug-likeness (QED) is 0.222. The van der Waals surface area contributed by atoms with Gasteiger partial charge in [0.05, 0.1) is 0 Å². The number of carbonyl (C=O) groups excluding carboxylic acids is 1. The molecule has 1 aliphatic heterocycles. The average molecular weight is 646 g/mol. The van der Waals surface area contributed by atoms with Gasteiger partial charge in [-0.2, -0.15) is 0 Å². The van der Waals surface area contributed by atoms with Gasteiger partial charge in [0, 0.05) is 0 Å². The van der Waals surface area contributed by atoms with E-state index in [1.807, 2.05) is 6.07 Å². The molecule has 2 aromatic rings. The van der Waals surface area contributed by atoms with Crippen molar-refractivity contribution in [3.8, 4) is 5.75 Å². The van der Waals surface area contributed by atoms with Gasteiger partial charge in [0.1, 0.15) is 0 Å². The Balaban J connectivity index is 1.70. The first-order chi connectivity index (χ1) is 17.7. The summed E-state index contributed by atoms with van der Waals surface area (Å²) in [5.41, 5.74) is 2.24. The minimum atomic E-state index is -0.928.